The van der Waals surface area contributed by atoms with Crippen LogP contribution in [-0.4, -0.2) is 33.0 Å². The van der Waals surface area contributed by atoms with Crippen molar-refractivity contribution in [2.24, 2.45) is 20.0 Å². The normalized spacial score (nSPS) is 15.6. The Morgan fingerprint density at radius 3 is 2.40 bits per heavy atom. The summed E-state index contributed by atoms with van der Waals surface area (Å²) in [7, 11) is 3.48. The number of fused-ring (bicyclic) bond motifs is 1. The number of halogens is 2. The number of carbonyl (C=O) groups excluding carboxylic acids is 1. The Bertz CT molecular complexity index is 1160. The van der Waals surface area contributed by atoms with Gasteiger partial charge in [0, 0.05) is 32.2 Å². The predicted octanol–water partition coefficient (Wildman–Crippen LogP) is 4.03. The van der Waals surface area contributed by atoms with Crippen LogP contribution in [0, 0.1) is 5.92 Å². The number of rotatable bonds is 4. The molecule has 6 nitrogen and oxygen atoms in total. The Hall–Kier alpha value is -2.28. The largest absolute Gasteiger partial charge is 0.328 e. The van der Waals surface area contributed by atoms with Crippen LogP contribution in [0.2, 0.25) is 10.0 Å². The van der Waals surface area contributed by atoms with Gasteiger partial charge in [-0.1, -0.05) is 29.3 Å². The number of hydrogen-bond donors (Lipinski definition) is 1. The van der Waals surface area contributed by atoms with Crippen LogP contribution in [0.5, 0.6) is 0 Å². The summed E-state index contributed by atoms with van der Waals surface area (Å²) in [6.45, 7) is 2.50. The first kappa shape index (κ1) is 21.0. The molecule has 0 atom stereocenters. The van der Waals surface area contributed by atoms with Crippen molar-refractivity contribution in [2.45, 2.75) is 19.4 Å². The molecule has 2 aromatic carbocycles. The van der Waals surface area contributed by atoms with Gasteiger partial charge in [-0.25, -0.2) is 4.79 Å². The minimum absolute atomic E-state index is 0.0228. The van der Waals surface area contributed by atoms with E-state index >= 15 is 0 Å². The van der Waals surface area contributed by atoms with Gasteiger partial charge in [0.05, 0.1) is 21.1 Å². The summed E-state index contributed by atoms with van der Waals surface area (Å²) in [5.74, 6) is 0.00909. The zero-order valence-electron chi connectivity index (χ0n) is 17.0. The van der Waals surface area contributed by atoms with Crippen LogP contribution in [0.3, 0.4) is 0 Å². The highest BCUT2D eigenvalue weighted by atomic mass is 35.5. The van der Waals surface area contributed by atoms with Gasteiger partial charge in [-0.2, -0.15) is 0 Å². The van der Waals surface area contributed by atoms with Crippen molar-refractivity contribution in [3.63, 3.8) is 0 Å². The maximum Gasteiger partial charge on any atom is 0.328 e. The van der Waals surface area contributed by atoms with Gasteiger partial charge in [-0.05, 0) is 61.8 Å². The maximum atomic E-state index is 12.8. The third-order valence-electron chi connectivity index (χ3n) is 5.89. The number of piperidine rings is 1. The van der Waals surface area contributed by atoms with Crippen molar-refractivity contribution in [1.29, 1.82) is 0 Å². The van der Waals surface area contributed by atoms with E-state index in [0.29, 0.717) is 15.7 Å². The van der Waals surface area contributed by atoms with Crippen LogP contribution in [0.25, 0.3) is 11.0 Å². The number of likely N-dealkylation sites (tertiary alicyclic amines) is 1. The number of amides is 1. The predicted molar refractivity (Wildman–Crippen MR) is 121 cm³/mol. The zero-order valence-corrected chi connectivity index (χ0v) is 18.5. The van der Waals surface area contributed by atoms with E-state index in [2.05, 4.69) is 10.2 Å². The molecule has 0 spiro atoms. The molecule has 4 rings (SSSR count). The lowest BCUT2D eigenvalue weighted by Gasteiger charge is -2.31. The summed E-state index contributed by atoms with van der Waals surface area (Å²) in [4.78, 5) is 27.2. The Kier molecular flexibility index (Phi) is 5.91. The highest BCUT2D eigenvalue weighted by Crippen LogP contribution is 2.26. The van der Waals surface area contributed by atoms with Crippen LogP contribution in [-0.2, 0) is 25.4 Å². The van der Waals surface area contributed by atoms with Crippen LogP contribution in [0.4, 0.5) is 5.69 Å². The molecule has 0 unspecified atom stereocenters. The molecular formula is C22H24Cl2N4O2. The van der Waals surface area contributed by atoms with E-state index in [1.54, 1.807) is 23.2 Å². The number of benzene rings is 2. The molecule has 0 radical (unpaired) electrons. The number of anilines is 1. The number of carbonyl (C=O) groups is 1. The van der Waals surface area contributed by atoms with Gasteiger partial charge >= 0.3 is 5.69 Å². The Balaban J connectivity index is 1.36. The number of aryl methyl sites for hydroxylation is 2. The molecule has 2 heterocycles. The molecule has 0 saturated carbocycles. The molecule has 3 aromatic rings. The monoisotopic (exact) mass is 446 g/mol. The third-order valence-corrected chi connectivity index (χ3v) is 6.63. The van der Waals surface area contributed by atoms with Crippen LogP contribution in [0.1, 0.15) is 18.4 Å². The minimum Gasteiger partial charge on any atom is -0.326 e. The van der Waals surface area contributed by atoms with E-state index in [1.807, 2.05) is 36.4 Å². The first-order valence-corrected chi connectivity index (χ1v) is 10.7. The SMILES string of the molecule is Cn1c(=O)n(C)c2cc(NC(=O)C3CCN(Cc4ccc(Cl)c(Cl)c4)CC3)ccc21. The first-order chi connectivity index (χ1) is 14.3. The van der Waals surface area contributed by atoms with Gasteiger partial charge in [0.1, 0.15) is 0 Å². The zero-order chi connectivity index (χ0) is 21.4. The number of nitrogens with one attached hydrogen (secondary N) is 1. The Morgan fingerprint density at radius 2 is 1.70 bits per heavy atom. The number of imidazole rings is 1. The second-order valence-electron chi connectivity index (χ2n) is 7.89. The van der Waals surface area contributed by atoms with Crippen molar-refractivity contribution in [1.82, 2.24) is 14.0 Å². The molecule has 1 amide bonds. The molecule has 1 saturated heterocycles. The lowest BCUT2D eigenvalue weighted by Crippen LogP contribution is -2.37. The third kappa shape index (κ3) is 4.13. The molecule has 158 valence electrons. The molecular weight excluding hydrogens is 423 g/mol. The van der Waals surface area contributed by atoms with Gasteiger partial charge in [0.25, 0.3) is 0 Å². The molecule has 0 aliphatic carbocycles. The Labute approximate surface area is 185 Å². The highest BCUT2D eigenvalue weighted by molar-refractivity contribution is 6.42. The number of nitrogens with zero attached hydrogens (tertiary/aromatic N) is 3. The standard InChI is InChI=1S/C22H24Cl2N4O2/c1-26-19-6-4-16(12-20(19)27(2)22(26)30)25-21(29)15-7-9-28(10-8-15)13-14-3-5-17(23)18(24)11-14/h3-6,11-12,15H,7-10,13H2,1-2H3,(H,25,29). The maximum absolute atomic E-state index is 12.8. The fraction of sp³-hybridized carbons (Fsp3) is 0.364. The fourth-order valence-corrected chi connectivity index (χ4v) is 4.40. The van der Waals surface area contributed by atoms with E-state index < -0.39 is 0 Å². The van der Waals surface area contributed by atoms with Crippen LogP contribution >= 0.6 is 23.2 Å². The van der Waals surface area contributed by atoms with E-state index in [0.717, 1.165) is 49.1 Å². The van der Waals surface area contributed by atoms with E-state index in [4.69, 9.17) is 23.2 Å². The van der Waals surface area contributed by atoms with Gasteiger partial charge in [0.15, 0.2) is 0 Å². The van der Waals surface area contributed by atoms with Crippen LogP contribution < -0.4 is 11.0 Å². The Morgan fingerprint density at radius 1 is 1.00 bits per heavy atom. The van der Waals surface area contributed by atoms with Gasteiger partial charge in [0.2, 0.25) is 5.91 Å². The van der Waals surface area contributed by atoms with Crippen molar-refractivity contribution < 1.29 is 4.79 Å². The summed E-state index contributed by atoms with van der Waals surface area (Å²) in [5.41, 5.74) is 3.40. The summed E-state index contributed by atoms with van der Waals surface area (Å²) in [6, 6.07) is 11.3. The van der Waals surface area contributed by atoms with Gasteiger partial charge in [-0.3, -0.25) is 18.8 Å². The fourth-order valence-electron chi connectivity index (χ4n) is 4.08. The highest BCUT2D eigenvalue weighted by Gasteiger charge is 2.25. The van der Waals surface area contributed by atoms with E-state index in [9.17, 15) is 9.59 Å². The summed E-state index contributed by atoms with van der Waals surface area (Å²) >= 11 is 12.1. The number of aromatic nitrogens is 2. The molecule has 30 heavy (non-hydrogen) atoms. The molecule has 0 bridgehead atoms. The van der Waals surface area contributed by atoms with Crippen molar-refractivity contribution in [3.05, 3.63) is 62.5 Å². The van der Waals surface area contributed by atoms with E-state index in [-0.39, 0.29) is 17.5 Å². The van der Waals surface area contributed by atoms with Crippen molar-refractivity contribution in [3.8, 4) is 0 Å². The summed E-state index contributed by atoms with van der Waals surface area (Å²) < 4.78 is 3.19. The van der Waals surface area contributed by atoms with E-state index in [1.165, 1.54) is 0 Å². The lowest BCUT2D eigenvalue weighted by atomic mass is 9.95. The molecule has 1 N–H and O–H groups in total. The smallest absolute Gasteiger partial charge is 0.326 e. The van der Waals surface area contributed by atoms with Gasteiger partial charge < -0.3 is 5.32 Å². The lowest BCUT2D eigenvalue weighted by molar-refractivity contribution is -0.121. The quantitative estimate of drug-likeness (QED) is 0.657. The minimum atomic E-state index is -0.0807. The van der Waals surface area contributed by atoms with Crippen molar-refractivity contribution in [2.75, 3.05) is 18.4 Å². The second-order valence-corrected chi connectivity index (χ2v) is 8.71. The van der Waals surface area contributed by atoms with Gasteiger partial charge in [-0.15, -0.1) is 0 Å². The van der Waals surface area contributed by atoms with Crippen LogP contribution in [0.15, 0.2) is 41.2 Å². The van der Waals surface area contributed by atoms with Crippen molar-refractivity contribution >= 4 is 45.8 Å². The first-order valence-electron chi connectivity index (χ1n) is 9.96. The summed E-state index contributed by atoms with van der Waals surface area (Å²) in [6.07, 6.45) is 1.61. The summed E-state index contributed by atoms with van der Waals surface area (Å²) in [5, 5.41) is 4.15. The average Bonchev–Trinajstić information content (AvgIpc) is 2.95. The number of hydrogen-bond acceptors (Lipinski definition) is 3. The molecule has 8 heteroatoms. The topological polar surface area (TPSA) is 59.3 Å². The second kappa shape index (κ2) is 8.46. The molecule has 1 aromatic heterocycles. The molecule has 1 fully saturated rings. The molecule has 1 aliphatic heterocycles. The average molecular weight is 447 g/mol. The molecule has 1 aliphatic rings.